The highest BCUT2D eigenvalue weighted by Gasteiger charge is 2.42. The first kappa shape index (κ1) is 16.5. The topological polar surface area (TPSA) is 15.3 Å². The Balaban J connectivity index is 2.34. The van der Waals surface area contributed by atoms with Crippen molar-refractivity contribution in [2.75, 3.05) is 13.1 Å². The summed E-state index contributed by atoms with van der Waals surface area (Å²) in [6, 6.07) is 12.3. The van der Waals surface area contributed by atoms with Crippen LogP contribution in [0.25, 0.3) is 0 Å². The van der Waals surface area contributed by atoms with Gasteiger partial charge in [-0.1, -0.05) is 58.0 Å². The quantitative estimate of drug-likeness (QED) is 0.880. The molecule has 118 valence electrons. The van der Waals surface area contributed by atoms with Crippen LogP contribution in [0.15, 0.2) is 30.3 Å². The van der Waals surface area contributed by atoms with Gasteiger partial charge >= 0.3 is 0 Å². The van der Waals surface area contributed by atoms with Crippen LogP contribution in [0.4, 0.5) is 0 Å². The van der Waals surface area contributed by atoms with E-state index in [-0.39, 0.29) is 5.54 Å². The summed E-state index contributed by atoms with van der Waals surface area (Å²) in [5, 5.41) is 3.80. The molecule has 1 aromatic rings. The third kappa shape index (κ3) is 3.32. The lowest BCUT2D eigenvalue weighted by Gasteiger charge is -2.52. The minimum absolute atomic E-state index is 0.101. The molecule has 0 radical (unpaired) electrons. The first-order valence-electron chi connectivity index (χ1n) is 8.58. The molecular weight excluding hydrogens is 256 g/mol. The lowest BCUT2D eigenvalue weighted by molar-refractivity contribution is -0.00159. The molecule has 0 bridgehead atoms. The van der Waals surface area contributed by atoms with E-state index >= 15 is 0 Å². The monoisotopic (exact) mass is 288 g/mol. The molecule has 1 aliphatic rings. The number of hydrogen-bond acceptors (Lipinski definition) is 2. The van der Waals surface area contributed by atoms with Crippen molar-refractivity contribution in [2.24, 2.45) is 5.92 Å². The highest BCUT2D eigenvalue weighted by molar-refractivity contribution is 5.26. The number of piperazine rings is 1. The zero-order chi connectivity index (χ0) is 15.5. The molecule has 0 aliphatic carbocycles. The van der Waals surface area contributed by atoms with Gasteiger partial charge in [-0.05, 0) is 31.2 Å². The van der Waals surface area contributed by atoms with Crippen LogP contribution in [0.1, 0.15) is 53.0 Å². The second-order valence-corrected chi connectivity index (χ2v) is 6.99. The highest BCUT2D eigenvalue weighted by atomic mass is 15.3. The van der Waals surface area contributed by atoms with Crippen molar-refractivity contribution in [1.82, 2.24) is 10.2 Å². The lowest BCUT2D eigenvalue weighted by Crippen LogP contribution is -2.65. The molecule has 1 heterocycles. The van der Waals surface area contributed by atoms with Crippen LogP contribution < -0.4 is 5.32 Å². The van der Waals surface area contributed by atoms with E-state index in [0.29, 0.717) is 18.0 Å². The van der Waals surface area contributed by atoms with Gasteiger partial charge in [0.15, 0.2) is 0 Å². The van der Waals surface area contributed by atoms with Crippen LogP contribution in [-0.2, 0) is 5.54 Å². The number of rotatable bonds is 5. The maximum Gasteiger partial charge on any atom is 0.0560 e. The summed E-state index contributed by atoms with van der Waals surface area (Å²) in [5.74, 6) is 0.683. The summed E-state index contributed by atoms with van der Waals surface area (Å²) < 4.78 is 0. The summed E-state index contributed by atoms with van der Waals surface area (Å²) in [6.45, 7) is 13.9. The van der Waals surface area contributed by atoms with Crippen LogP contribution in [0.2, 0.25) is 0 Å². The minimum Gasteiger partial charge on any atom is -0.310 e. The standard InChI is InChI=1S/C19H32N2/c1-6-17(7-2)21-13-18(15(3)4)20-14-19(21,5)16-11-9-8-10-12-16/h8-12,15,17-18,20H,6-7,13-14H2,1-5H3. The largest absolute Gasteiger partial charge is 0.310 e. The van der Waals surface area contributed by atoms with E-state index in [0.717, 1.165) is 13.1 Å². The van der Waals surface area contributed by atoms with Crippen molar-refractivity contribution >= 4 is 0 Å². The third-order valence-corrected chi connectivity index (χ3v) is 5.32. The predicted octanol–water partition coefficient (Wildman–Crippen LogP) is 4.02. The molecule has 2 nitrogen and oxygen atoms in total. The summed E-state index contributed by atoms with van der Waals surface area (Å²) in [6.07, 6.45) is 2.45. The average molecular weight is 288 g/mol. The summed E-state index contributed by atoms with van der Waals surface area (Å²) in [5.41, 5.74) is 1.54. The highest BCUT2D eigenvalue weighted by Crippen LogP contribution is 2.34. The zero-order valence-corrected chi connectivity index (χ0v) is 14.4. The second kappa shape index (κ2) is 6.93. The molecule has 2 unspecified atom stereocenters. The van der Waals surface area contributed by atoms with Gasteiger partial charge in [0.05, 0.1) is 5.54 Å². The minimum atomic E-state index is 0.101. The van der Waals surface area contributed by atoms with Crippen LogP contribution in [0.5, 0.6) is 0 Å². The number of nitrogens with zero attached hydrogens (tertiary/aromatic N) is 1. The Hall–Kier alpha value is -0.860. The van der Waals surface area contributed by atoms with Crippen molar-refractivity contribution in [3.05, 3.63) is 35.9 Å². The van der Waals surface area contributed by atoms with E-state index in [2.05, 4.69) is 75.2 Å². The van der Waals surface area contributed by atoms with E-state index in [1.165, 1.54) is 18.4 Å². The third-order valence-electron chi connectivity index (χ3n) is 5.32. The zero-order valence-electron chi connectivity index (χ0n) is 14.4. The summed E-state index contributed by atoms with van der Waals surface area (Å²) in [7, 11) is 0. The molecule has 0 amide bonds. The van der Waals surface area contributed by atoms with Crippen molar-refractivity contribution in [3.8, 4) is 0 Å². The van der Waals surface area contributed by atoms with Crippen molar-refractivity contribution < 1.29 is 0 Å². The first-order valence-corrected chi connectivity index (χ1v) is 8.58. The molecule has 2 rings (SSSR count). The van der Waals surface area contributed by atoms with Crippen LogP contribution in [0, 0.1) is 5.92 Å². The van der Waals surface area contributed by atoms with Crippen LogP contribution in [-0.4, -0.2) is 30.1 Å². The van der Waals surface area contributed by atoms with Gasteiger partial charge < -0.3 is 5.32 Å². The Kier molecular flexibility index (Phi) is 5.45. The van der Waals surface area contributed by atoms with Gasteiger partial charge in [0.2, 0.25) is 0 Å². The Morgan fingerprint density at radius 1 is 1.19 bits per heavy atom. The number of hydrogen-bond donors (Lipinski definition) is 1. The van der Waals surface area contributed by atoms with Gasteiger partial charge in [-0.3, -0.25) is 4.90 Å². The molecule has 1 N–H and O–H groups in total. The van der Waals surface area contributed by atoms with E-state index in [1.807, 2.05) is 0 Å². The molecule has 0 aromatic heterocycles. The van der Waals surface area contributed by atoms with Gasteiger partial charge in [0.25, 0.3) is 0 Å². The molecule has 1 saturated heterocycles. The first-order chi connectivity index (χ1) is 10.0. The second-order valence-electron chi connectivity index (χ2n) is 6.99. The van der Waals surface area contributed by atoms with Gasteiger partial charge in [-0.15, -0.1) is 0 Å². The molecule has 1 fully saturated rings. The van der Waals surface area contributed by atoms with Crippen LogP contribution in [0.3, 0.4) is 0 Å². The normalized spacial score (nSPS) is 27.5. The van der Waals surface area contributed by atoms with Gasteiger partial charge in [0, 0.05) is 25.2 Å². The van der Waals surface area contributed by atoms with Crippen LogP contribution >= 0.6 is 0 Å². The lowest BCUT2D eigenvalue weighted by atomic mass is 9.83. The number of benzene rings is 1. The molecule has 2 heteroatoms. The maximum absolute atomic E-state index is 3.80. The van der Waals surface area contributed by atoms with E-state index in [4.69, 9.17) is 0 Å². The average Bonchev–Trinajstić information content (AvgIpc) is 2.51. The molecule has 21 heavy (non-hydrogen) atoms. The molecule has 0 saturated carbocycles. The van der Waals surface area contributed by atoms with Gasteiger partial charge in [-0.2, -0.15) is 0 Å². The van der Waals surface area contributed by atoms with Crippen molar-refractivity contribution in [2.45, 2.75) is 65.1 Å². The van der Waals surface area contributed by atoms with E-state index < -0.39 is 0 Å². The molecule has 0 spiro atoms. The smallest absolute Gasteiger partial charge is 0.0560 e. The molecule has 1 aromatic carbocycles. The van der Waals surface area contributed by atoms with Crippen molar-refractivity contribution in [3.63, 3.8) is 0 Å². The molecule has 1 aliphatic heterocycles. The van der Waals surface area contributed by atoms with Gasteiger partial charge in [-0.25, -0.2) is 0 Å². The van der Waals surface area contributed by atoms with Crippen molar-refractivity contribution in [1.29, 1.82) is 0 Å². The summed E-state index contributed by atoms with van der Waals surface area (Å²) in [4.78, 5) is 2.77. The fourth-order valence-corrected chi connectivity index (χ4v) is 3.70. The molecular formula is C19H32N2. The predicted molar refractivity (Wildman–Crippen MR) is 91.5 cm³/mol. The van der Waals surface area contributed by atoms with E-state index in [1.54, 1.807) is 0 Å². The summed E-state index contributed by atoms with van der Waals surface area (Å²) >= 11 is 0. The fraction of sp³-hybridized carbons (Fsp3) is 0.684. The Bertz CT molecular complexity index is 424. The Morgan fingerprint density at radius 3 is 2.33 bits per heavy atom. The maximum atomic E-state index is 3.80. The molecule has 2 atom stereocenters. The number of nitrogens with one attached hydrogen (secondary N) is 1. The fourth-order valence-electron chi connectivity index (χ4n) is 3.70. The van der Waals surface area contributed by atoms with E-state index in [9.17, 15) is 0 Å². The SMILES string of the molecule is CCC(CC)N1CC(C(C)C)NCC1(C)c1ccccc1. The Morgan fingerprint density at radius 2 is 1.81 bits per heavy atom. The Labute approximate surface area is 130 Å². The van der Waals surface area contributed by atoms with Gasteiger partial charge in [0.1, 0.15) is 0 Å².